The van der Waals surface area contributed by atoms with E-state index < -0.39 is 17.8 Å². The van der Waals surface area contributed by atoms with Crippen molar-refractivity contribution in [3.63, 3.8) is 0 Å². The van der Waals surface area contributed by atoms with Crippen LogP contribution in [0.5, 0.6) is 0 Å². The van der Waals surface area contributed by atoms with E-state index in [2.05, 4.69) is 15.6 Å². The molecule has 1 aromatic carbocycles. The monoisotopic (exact) mass is 312 g/mol. The van der Waals surface area contributed by atoms with Crippen LogP contribution >= 0.6 is 0 Å². The zero-order valence-electron chi connectivity index (χ0n) is 12.0. The Balaban J connectivity index is 2.03. The number of carbonyl (C=O) groups is 1. The van der Waals surface area contributed by atoms with Crippen molar-refractivity contribution in [2.75, 3.05) is 5.32 Å². The molecule has 0 fully saturated rings. The fourth-order valence-electron chi connectivity index (χ4n) is 1.83. The van der Waals surface area contributed by atoms with Gasteiger partial charge in [-0.1, -0.05) is 6.07 Å². The molecule has 0 aliphatic rings. The predicted octanol–water partition coefficient (Wildman–Crippen LogP) is 3.07. The normalized spacial score (nSPS) is 11.3. The number of urea groups is 1. The molecule has 1 aromatic heterocycles. The van der Waals surface area contributed by atoms with Gasteiger partial charge in [0.1, 0.15) is 5.82 Å². The molecule has 118 valence electrons. The van der Waals surface area contributed by atoms with Gasteiger partial charge in [0.25, 0.3) is 0 Å². The number of hydrogen-bond donors (Lipinski definition) is 2. The van der Waals surface area contributed by atoms with Gasteiger partial charge >= 0.3 is 12.2 Å². The first-order valence-corrected chi connectivity index (χ1v) is 6.46. The van der Waals surface area contributed by atoms with E-state index in [9.17, 15) is 18.0 Å². The number of benzene rings is 1. The maximum Gasteiger partial charge on any atom is 0.416 e. The zero-order valence-corrected chi connectivity index (χ0v) is 12.0. The highest BCUT2D eigenvalue weighted by Crippen LogP contribution is 2.31. The Kier molecular flexibility index (Phi) is 4.39. The topological polar surface area (TPSA) is 59.0 Å². The zero-order chi connectivity index (χ0) is 16.3. The molecule has 5 nitrogen and oxygen atoms in total. The van der Waals surface area contributed by atoms with Crippen molar-refractivity contribution in [3.8, 4) is 0 Å². The van der Waals surface area contributed by atoms with Gasteiger partial charge in [0.2, 0.25) is 0 Å². The molecule has 22 heavy (non-hydrogen) atoms. The number of amides is 2. The molecule has 2 rings (SSSR count). The predicted molar refractivity (Wildman–Crippen MR) is 75.2 cm³/mol. The first-order valence-electron chi connectivity index (χ1n) is 6.46. The molecule has 2 amide bonds. The van der Waals surface area contributed by atoms with Crippen molar-refractivity contribution in [2.24, 2.45) is 7.05 Å². The number of halogens is 3. The molecule has 0 aliphatic heterocycles. The lowest BCUT2D eigenvalue weighted by Crippen LogP contribution is -2.29. The Hall–Kier alpha value is -2.51. The van der Waals surface area contributed by atoms with E-state index in [1.54, 1.807) is 30.9 Å². The largest absolute Gasteiger partial charge is 0.416 e. The summed E-state index contributed by atoms with van der Waals surface area (Å²) in [6.45, 7) is 1.79. The summed E-state index contributed by atoms with van der Waals surface area (Å²) >= 11 is 0. The van der Waals surface area contributed by atoms with Crippen LogP contribution in [0.4, 0.5) is 23.7 Å². The molecule has 0 aliphatic carbocycles. The van der Waals surface area contributed by atoms with Crippen molar-refractivity contribution in [1.29, 1.82) is 0 Å². The van der Waals surface area contributed by atoms with Crippen molar-refractivity contribution in [1.82, 2.24) is 14.9 Å². The molecule has 0 saturated carbocycles. The van der Waals surface area contributed by atoms with Gasteiger partial charge in [0.05, 0.1) is 12.1 Å². The van der Waals surface area contributed by atoms with Crippen LogP contribution in [0.2, 0.25) is 0 Å². The molecule has 0 radical (unpaired) electrons. The molecule has 0 bridgehead atoms. The van der Waals surface area contributed by atoms with E-state index in [0.29, 0.717) is 11.4 Å². The van der Waals surface area contributed by atoms with Crippen LogP contribution in [0.25, 0.3) is 0 Å². The Labute approximate surface area is 125 Å². The number of imidazole rings is 1. The maximum absolute atomic E-state index is 12.7. The summed E-state index contributed by atoms with van der Waals surface area (Å²) < 4.78 is 39.8. The molecule has 2 aromatic rings. The summed E-state index contributed by atoms with van der Waals surface area (Å²) in [5, 5.41) is 4.96. The Morgan fingerprint density at radius 2 is 2.09 bits per heavy atom. The van der Waals surface area contributed by atoms with Crippen LogP contribution < -0.4 is 10.6 Å². The highest BCUT2D eigenvalue weighted by atomic mass is 19.4. The van der Waals surface area contributed by atoms with E-state index >= 15 is 0 Å². The number of aryl methyl sites for hydroxylation is 2. The Bertz CT molecular complexity index is 679. The Morgan fingerprint density at radius 3 is 2.68 bits per heavy atom. The summed E-state index contributed by atoms with van der Waals surface area (Å²) in [6, 6.07) is 2.62. The standard InChI is InChI=1S/C14H15F3N4O/c1-9-3-4-10(14(15,16)17)7-11(9)20-13(22)19-8-12-18-5-6-21(12)2/h3-7H,8H2,1-2H3,(H2,19,20,22). The number of nitrogens with one attached hydrogen (secondary N) is 2. The molecule has 2 N–H and O–H groups in total. The van der Waals surface area contributed by atoms with E-state index in [1.807, 2.05) is 0 Å². The average Bonchev–Trinajstić information content (AvgIpc) is 2.83. The minimum absolute atomic E-state index is 0.118. The lowest BCUT2D eigenvalue weighted by atomic mass is 10.1. The number of nitrogens with zero attached hydrogens (tertiary/aromatic N) is 2. The number of alkyl halides is 3. The fraction of sp³-hybridized carbons (Fsp3) is 0.286. The number of hydrogen-bond acceptors (Lipinski definition) is 2. The molecular formula is C14H15F3N4O. The third-order valence-corrected chi connectivity index (χ3v) is 3.14. The summed E-state index contributed by atoms with van der Waals surface area (Å²) in [5.74, 6) is 0.635. The van der Waals surface area contributed by atoms with E-state index in [0.717, 1.165) is 12.1 Å². The van der Waals surface area contributed by atoms with Crippen LogP contribution in [0.3, 0.4) is 0 Å². The fourth-order valence-corrected chi connectivity index (χ4v) is 1.83. The molecular weight excluding hydrogens is 297 g/mol. The van der Waals surface area contributed by atoms with E-state index in [-0.39, 0.29) is 12.2 Å². The second kappa shape index (κ2) is 6.08. The summed E-state index contributed by atoms with van der Waals surface area (Å²) in [4.78, 5) is 15.8. The average molecular weight is 312 g/mol. The molecule has 8 heteroatoms. The second-order valence-corrected chi connectivity index (χ2v) is 4.79. The maximum atomic E-state index is 12.7. The third-order valence-electron chi connectivity index (χ3n) is 3.14. The SMILES string of the molecule is Cc1ccc(C(F)(F)F)cc1NC(=O)NCc1nccn1C. The first kappa shape index (κ1) is 15.9. The number of carbonyl (C=O) groups excluding carboxylic acids is 1. The van der Waals surface area contributed by atoms with Crippen LogP contribution in [0.15, 0.2) is 30.6 Å². The second-order valence-electron chi connectivity index (χ2n) is 4.79. The number of rotatable bonds is 3. The number of aromatic nitrogens is 2. The van der Waals surface area contributed by atoms with Crippen LogP contribution in [-0.4, -0.2) is 15.6 Å². The van der Waals surface area contributed by atoms with Crippen molar-refractivity contribution in [3.05, 3.63) is 47.5 Å². The first-order chi connectivity index (χ1) is 10.3. The summed E-state index contributed by atoms with van der Waals surface area (Å²) in [6.07, 6.45) is -1.13. The van der Waals surface area contributed by atoms with Gasteiger partial charge in [-0.25, -0.2) is 9.78 Å². The highest BCUT2D eigenvalue weighted by Gasteiger charge is 2.30. The van der Waals surface area contributed by atoms with Crippen LogP contribution in [-0.2, 0) is 19.8 Å². The minimum Gasteiger partial charge on any atom is -0.337 e. The van der Waals surface area contributed by atoms with Crippen LogP contribution in [0.1, 0.15) is 17.0 Å². The molecule has 0 atom stereocenters. The molecule has 0 unspecified atom stereocenters. The highest BCUT2D eigenvalue weighted by molar-refractivity contribution is 5.90. The quantitative estimate of drug-likeness (QED) is 0.915. The van der Waals surface area contributed by atoms with Gasteiger partial charge in [0, 0.05) is 25.1 Å². The lowest BCUT2D eigenvalue weighted by Gasteiger charge is -2.13. The smallest absolute Gasteiger partial charge is 0.337 e. The van der Waals surface area contributed by atoms with Gasteiger partial charge in [-0.05, 0) is 24.6 Å². The van der Waals surface area contributed by atoms with Gasteiger partial charge in [-0.2, -0.15) is 13.2 Å². The van der Waals surface area contributed by atoms with Gasteiger partial charge in [0.15, 0.2) is 0 Å². The van der Waals surface area contributed by atoms with E-state index in [1.165, 1.54) is 6.07 Å². The third kappa shape index (κ3) is 3.78. The number of anilines is 1. The lowest BCUT2D eigenvalue weighted by molar-refractivity contribution is -0.137. The molecule has 0 spiro atoms. The minimum atomic E-state index is -4.45. The van der Waals surface area contributed by atoms with Gasteiger partial charge in [-0.3, -0.25) is 0 Å². The van der Waals surface area contributed by atoms with E-state index in [4.69, 9.17) is 0 Å². The van der Waals surface area contributed by atoms with Crippen molar-refractivity contribution < 1.29 is 18.0 Å². The van der Waals surface area contributed by atoms with Crippen molar-refractivity contribution >= 4 is 11.7 Å². The van der Waals surface area contributed by atoms with Gasteiger partial charge < -0.3 is 15.2 Å². The molecule has 1 heterocycles. The molecule has 0 saturated heterocycles. The van der Waals surface area contributed by atoms with Crippen molar-refractivity contribution in [2.45, 2.75) is 19.6 Å². The summed E-state index contributed by atoms with van der Waals surface area (Å²) in [5.41, 5.74) is -0.148. The van der Waals surface area contributed by atoms with Gasteiger partial charge in [-0.15, -0.1) is 0 Å². The van der Waals surface area contributed by atoms with Crippen LogP contribution in [0, 0.1) is 6.92 Å². The Morgan fingerprint density at radius 1 is 1.36 bits per heavy atom. The summed E-state index contributed by atoms with van der Waals surface area (Å²) in [7, 11) is 1.78.